The van der Waals surface area contributed by atoms with Gasteiger partial charge in [0.15, 0.2) is 5.17 Å². The molecule has 0 aromatic heterocycles. The van der Waals surface area contributed by atoms with Crippen LogP contribution in [-0.2, 0) is 4.79 Å². The molecule has 1 aliphatic rings. The average molecular weight is 428 g/mol. The molecule has 8 heteroatoms. The first kappa shape index (κ1) is 17.0. The van der Waals surface area contributed by atoms with E-state index in [4.69, 9.17) is 11.6 Å². The molecule has 0 saturated carbocycles. The van der Waals surface area contributed by atoms with Gasteiger partial charge in [-0.25, -0.2) is 9.38 Å². The number of halogens is 3. The lowest BCUT2D eigenvalue weighted by molar-refractivity contribution is -0.115. The van der Waals surface area contributed by atoms with Crippen molar-refractivity contribution >= 4 is 62.1 Å². The molecule has 2 aromatic carbocycles. The maximum absolute atomic E-state index is 12.9. The molecule has 0 unspecified atom stereocenters. The van der Waals surface area contributed by atoms with Crippen LogP contribution in [0.5, 0.6) is 5.75 Å². The zero-order chi connectivity index (χ0) is 17.3. The second-order valence-corrected chi connectivity index (χ2v) is 7.08. The van der Waals surface area contributed by atoms with Gasteiger partial charge in [-0.1, -0.05) is 11.6 Å². The van der Waals surface area contributed by atoms with Crippen molar-refractivity contribution in [3.05, 3.63) is 62.2 Å². The summed E-state index contributed by atoms with van der Waals surface area (Å²) >= 11 is 10.3. The number of thioether (sulfide) groups is 1. The van der Waals surface area contributed by atoms with Gasteiger partial charge >= 0.3 is 0 Å². The van der Waals surface area contributed by atoms with E-state index in [1.54, 1.807) is 18.2 Å². The van der Waals surface area contributed by atoms with E-state index < -0.39 is 0 Å². The highest BCUT2D eigenvalue weighted by atomic mass is 79.9. The second kappa shape index (κ2) is 6.96. The van der Waals surface area contributed by atoms with Crippen molar-refractivity contribution in [1.29, 1.82) is 0 Å². The van der Waals surface area contributed by atoms with E-state index in [1.807, 2.05) is 0 Å². The number of carbonyl (C=O) groups is 1. The van der Waals surface area contributed by atoms with Gasteiger partial charge in [0.1, 0.15) is 11.6 Å². The number of aliphatic imine (C=N–C) groups is 1. The van der Waals surface area contributed by atoms with Gasteiger partial charge in [-0.3, -0.25) is 4.79 Å². The third-order valence-electron chi connectivity index (χ3n) is 3.05. The number of aromatic hydroxyl groups is 1. The molecule has 1 heterocycles. The Morgan fingerprint density at radius 2 is 2.00 bits per heavy atom. The summed E-state index contributed by atoms with van der Waals surface area (Å²) in [5.41, 5.74) is 1.20. The molecular formula is C16H9BrClFN2O2S. The monoisotopic (exact) mass is 426 g/mol. The standard InChI is InChI=1S/C16H9BrClFN2O2S/c17-11-5-8(6-12(18)14(11)22)7-13-15(23)21-16(24-13)20-10-3-1-9(19)2-4-10/h1-7,22H,(H,20,21,23). The molecule has 0 bridgehead atoms. The number of nitrogens with one attached hydrogen (secondary N) is 1. The summed E-state index contributed by atoms with van der Waals surface area (Å²) in [6.45, 7) is 0. The number of amidine groups is 1. The summed E-state index contributed by atoms with van der Waals surface area (Å²) in [4.78, 5) is 16.7. The Bertz CT molecular complexity index is 861. The van der Waals surface area contributed by atoms with E-state index in [0.717, 1.165) is 11.8 Å². The Morgan fingerprint density at radius 1 is 1.29 bits per heavy atom. The fraction of sp³-hybridized carbons (Fsp3) is 0. The van der Waals surface area contributed by atoms with Crippen molar-refractivity contribution in [3.63, 3.8) is 0 Å². The maximum atomic E-state index is 12.9. The Labute approximate surface area is 154 Å². The number of rotatable bonds is 2. The fourth-order valence-electron chi connectivity index (χ4n) is 1.93. The summed E-state index contributed by atoms with van der Waals surface area (Å²) in [7, 11) is 0. The molecule has 2 aromatic rings. The van der Waals surface area contributed by atoms with E-state index >= 15 is 0 Å². The van der Waals surface area contributed by atoms with Gasteiger partial charge < -0.3 is 10.4 Å². The Morgan fingerprint density at radius 3 is 2.67 bits per heavy atom. The molecule has 1 amide bonds. The minimum atomic E-state index is -0.350. The van der Waals surface area contributed by atoms with E-state index in [0.29, 0.717) is 25.8 Å². The van der Waals surface area contributed by atoms with Crippen LogP contribution < -0.4 is 5.32 Å². The van der Waals surface area contributed by atoms with Crippen LogP contribution in [0.2, 0.25) is 5.02 Å². The maximum Gasteiger partial charge on any atom is 0.264 e. The van der Waals surface area contributed by atoms with E-state index in [1.165, 1.54) is 24.3 Å². The van der Waals surface area contributed by atoms with Gasteiger partial charge in [0, 0.05) is 0 Å². The SMILES string of the molecule is O=C1NC(=Nc2ccc(F)cc2)SC1=Cc1cc(Cl)c(O)c(Br)c1. The summed E-state index contributed by atoms with van der Waals surface area (Å²) in [6.07, 6.45) is 1.64. The first-order valence-electron chi connectivity index (χ1n) is 6.65. The zero-order valence-corrected chi connectivity index (χ0v) is 15.0. The topological polar surface area (TPSA) is 61.7 Å². The highest BCUT2D eigenvalue weighted by molar-refractivity contribution is 9.10. The molecule has 0 atom stereocenters. The fourth-order valence-corrected chi connectivity index (χ4v) is 3.59. The quantitative estimate of drug-likeness (QED) is 0.674. The zero-order valence-electron chi connectivity index (χ0n) is 11.9. The summed E-state index contributed by atoms with van der Waals surface area (Å²) < 4.78 is 13.3. The van der Waals surface area contributed by atoms with Crippen LogP contribution in [0.3, 0.4) is 0 Å². The minimum absolute atomic E-state index is 0.0547. The molecule has 2 N–H and O–H groups in total. The first-order chi connectivity index (χ1) is 11.4. The van der Waals surface area contributed by atoms with Gasteiger partial charge in [-0.15, -0.1) is 0 Å². The van der Waals surface area contributed by atoms with Crippen molar-refractivity contribution in [2.24, 2.45) is 4.99 Å². The highest BCUT2D eigenvalue weighted by Crippen LogP contribution is 2.35. The van der Waals surface area contributed by atoms with Crippen LogP contribution in [0, 0.1) is 5.82 Å². The largest absolute Gasteiger partial charge is 0.505 e. The highest BCUT2D eigenvalue weighted by Gasteiger charge is 2.24. The number of benzene rings is 2. The van der Waals surface area contributed by atoms with Crippen LogP contribution in [0.25, 0.3) is 6.08 Å². The third-order valence-corrected chi connectivity index (χ3v) is 4.85. The minimum Gasteiger partial charge on any atom is -0.505 e. The average Bonchev–Trinajstić information content (AvgIpc) is 2.87. The molecule has 0 spiro atoms. The number of carbonyl (C=O) groups excluding carboxylic acids is 1. The number of hydrogen-bond acceptors (Lipinski definition) is 4. The lowest BCUT2D eigenvalue weighted by Gasteiger charge is -2.02. The van der Waals surface area contributed by atoms with Crippen molar-refractivity contribution in [2.45, 2.75) is 0 Å². The Hall–Kier alpha value is -1.83. The molecule has 1 aliphatic heterocycles. The molecule has 1 saturated heterocycles. The Balaban J connectivity index is 1.86. The van der Waals surface area contributed by atoms with Crippen molar-refractivity contribution in [1.82, 2.24) is 5.32 Å². The number of hydrogen-bond donors (Lipinski definition) is 2. The third kappa shape index (κ3) is 3.80. The van der Waals surface area contributed by atoms with Gasteiger partial charge in [0.25, 0.3) is 5.91 Å². The normalized spacial score (nSPS) is 17.5. The predicted molar refractivity (Wildman–Crippen MR) is 98.0 cm³/mol. The van der Waals surface area contributed by atoms with Crippen molar-refractivity contribution < 1.29 is 14.3 Å². The predicted octanol–water partition coefficient (Wildman–Crippen LogP) is 4.84. The molecule has 24 heavy (non-hydrogen) atoms. The Kier molecular flexibility index (Phi) is 4.93. The van der Waals surface area contributed by atoms with Gasteiger partial charge in [0.05, 0.1) is 20.1 Å². The molecular weight excluding hydrogens is 419 g/mol. The van der Waals surface area contributed by atoms with Crippen LogP contribution >= 0.6 is 39.3 Å². The van der Waals surface area contributed by atoms with E-state index in [2.05, 4.69) is 26.2 Å². The lowest BCUT2D eigenvalue weighted by atomic mass is 10.2. The molecule has 4 nitrogen and oxygen atoms in total. The molecule has 122 valence electrons. The van der Waals surface area contributed by atoms with Gasteiger partial charge in [-0.05, 0) is 75.7 Å². The number of amides is 1. The number of nitrogens with zero attached hydrogens (tertiary/aromatic N) is 1. The summed E-state index contributed by atoms with van der Waals surface area (Å²) in [6, 6.07) is 8.84. The van der Waals surface area contributed by atoms with Crippen LogP contribution in [0.15, 0.2) is 50.8 Å². The van der Waals surface area contributed by atoms with E-state index in [-0.39, 0.29) is 22.5 Å². The number of phenolic OH excluding ortho intramolecular Hbond substituents is 1. The first-order valence-corrected chi connectivity index (χ1v) is 8.64. The smallest absolute Gasteiger partial charge is 0.264 e. The van der Waals surface area contributed by atoms with Crippen LogP contribution in [0.4, 0.5) is 10.1 Å². The van der Waals surface area contributed by atoms with Crippen molar-refractivity contribution in [3.8, 4) is 5.75 Å². The number of phenols is 1. The molecule has 0 aliphatic carbocycles. The van der Waals surface area contributed by atoms with Crippen LogP contribution in [0.1, 0.15) is 5.56 Å². The summed E-state index contributed by atoms with van der Waals surface area (Å²) in [5.74, 6) is -0.695. The second-order valence-electron chi connectivity index (χ2n) is 4.79. The van der Waals surface area contributed by atoms with E-state index in [9.17, 15) is 14.3 Å². The van der Waals surface area contributed by atoms with Crippen LogP contribution in [-0.4, -0.2) is 16.2 Å². The van der Waals surface area contributed by atoms with Crippen molar-refractivity contribution in [2.75, 3.05) is 0 Å². The lowest BCUT2D eigenvalue weighted by Crippen LogP contribution is -2.19. The van der Waals surface area contributed by atoms with Gasteiger partial charge in [-0.2, -0.15) is 0 Å². The molecule has 0 radical (unpaired) electrons. The molecule has 1 fully saturated rings. The van der Waals surface area contributed by atoms with Gasteiger partial charge in [0.2, 0.25) is 0 Å². The molecule has 3 rings (SSSR count). The summed E-state index contributed by atoms with van der Waals surface area (Å²) in [5, 5.41) is 12.9.